The summed E-state index contributed by atoms with van der Waals surface area (Å²) in [6.45, 7) is 3.89. The van der Waals surface area contributed by atoms with Crippen molar-refractivity contribution in [1.29, 1.82) is 0 Å². The lowest BCUT2D eigenvalue weighted by atomic mass is 10.1. The third kappa shape index (κ3) is 4.45. The van der Waals surface area contributed by atoms with Gasteiger partial charge in [0.05, 0.1) is 0 Å². The summed E-state index contributed by atoms with van der Waals surface area (Å²) in [5.74, 6) is 0.0135. The Morgan fingerprint density at radius 1 is 1.17 bits per heavy atom. The topological polar surface area (TPSA) is 65.2 Å². The number of piperidine rings is 1. The van der Waals surface area contributed by atoms with Crippen LogP contribution in [0.25, 0.3) is 10.9 Å². The highest BCUT2D eigenvalue weighted by Crippen LogP contribution is 2.11. The molecule has 0 aliphatic carbocycles. The van der Waals surface area contributed by atoms with Crippen molar-refractivity contribution in [2.45, 2.75) is 32.1 Å². The number of carbonyl (C=O) groups is 1. The molecule has 1 aliphatic rings. The largest absolute Gasteiger partial charge is 0.355 e. The zero-order valence-electron chi connectivity index (χ0n) is 14.0. The second-order valence-electron chi connectivity index (χ2n) is 6.46. The number of nitrogens with zero attached hydrogens (tertiary/aromatic N) is 1. The number of hydrogen-bond donors (Lipinski definition) is 2. The van der Waals surface area contributed by atoms with E-state index in [9.17, 15) is 9.59 Å². The zero-order chi connectivity index (χ0) is 16.8. The van der Waals surface area contributed by atoms with E-state index in [1.54, 1.807) is 0 Å². The number of nitrogens with one attached hydrogen (secondary N) is 2. The molecule has 5 nitrogen and oxygen atoms in total. The summed E-state index contributed by atoms with van der Waals surface area (Å²) in [5, 5.41) is 3.96. The van der Waals surface area contributed by atoms with Crippen LogP contribution >= 0.6 is 0 Å². The molecular weight excluding hydrogens is 302 g/mol. The Bertz CT molecular complexity index is 748. The Morgan fingerprint density at radius 3 is 2.79 bits per heavy atom. The summed E-state index contributed by atoms with van der Waals surface area (Å²) >= 11 is 0. The number of H-pyrrole nitrogens is 1. The highest BCUT2D eigenvalue weighted by Gasteiger charge is 2.10. The number of amides is 1. The first-order chi connectivity index (χ1) is 11.7. The molecule has 0 spiro atoms. The lowest BCUT2D eigenvalue weighted by molar-refractivity contribution is -0.121. The van der Waals surface area contributed by atoms with Crippen molar-refractivity contribution < 1.29 is 4.79 Å². The maximum atomic E-state index is 12.1. The van der Waals surface area contributed by atoms with Crippen molar-refractivity contribution in [3.05, 3.63) is 46.2 Å². The van der Waals surface area contributed by atoms with Crippen LogP contribution < -0.4 is 10.9 Å². The third-order valence-corrected chi connectivity index (χ3v) is 4.65. The maximum absolute atomic E-state index is 12.1. The predicted molar refractivity (Wildman–Crippen MR) is 96.2 cm³/mol. The van der Waals surface area contributed by atoms with E-state index in [0.717, 1.165) is 30.5 Å². The molecule has 0 radical (unpaired) electrons. The molecule has 3 rings (SSSR count). The predicted octanol–water partition coefficient (Wildman–Crippen LogP) is 2.06. The van der Waals surface area contributed by atoms with Gasteiger partial charge in [-0.15, -0.1) is 0 Å². The van der Waals surface area contributed by atoms with Crippen molar-refractivity contribution in [1.82, 2.24) is 15.2 Å². The van der Waals surface area contributed by atoms with Gasteiger partial charge in [-0.3, -0.25) is 9.59 Å². The van der Waals surface area contributed by atoms with Crippen LogP contribution in [0, 0.1) is 0 Å². The summed E-state index contributed by atoms with van der Waals surface area (Å²) in [5.41, 5.74) is 1.40. The molecule has 0 bridgehead atoms. The molecule has 24 heavy (non-hydrogen) atoms. The van der Waals surface area contributed by atoms with Crippen molar-refractivity contribution in [3.8, 4) is 0 Å². The van der Waals surface area contributed by atoms with E-state index < -0.39 is 0 Å². The van der Waals surface area contributed by atoms with E-state index in [2.05, 4.69) is 15.2 Å². The highest BCUT2D eigenvalue weighted by atomic mass is 16.1. The quantitative estimate of drug-likeness (QED) is 0.853. The van der Waals surface area contributed by atoms with Crippen LogP contribution in [-0.2, 0) is 11.2 Å². The minimum absolute atomic E-state index is 0.0135. The van der Waals surface area contributed by atoms with Gasteiger partial charge < -0.3 is 15.2 Å². The maximum Gasteiger partial charge on any atom is 0.251 e. The van der Waals surface area contributed by atoms with Gasteiger partial charge in [-0.05, 0) is 49.9 Å². The van der Waals surface area contributed by atoms with Gasteiger partial charge in [-0.2, -0.15) is 0 Å². The summed E-state index contributed by atoms with van der Waals surface area (Å²) in [6, 6.07) is 9.57. The SMILES string of the molecule is O=C(CCc1cc2ccccc2[nH]c1=O)NCCN1CCCCC1. The van der Waals surface area contributed by atoms with Gasteiger partial charge in [0.1, 0.15) is 0 Å². The Balaban J connectivity index is 1.47. The van der Waals surface area contributed by atoms with Gasteiger partial charge >= 0.3 is 0 Å². The standard InChI is InChI=1S/C19H25N3O2/c23-18(20-10-13-22-11-4-1-5-12-22)9-8-16-14-15-6-2-3-7-17(15)21-19(16)24/h2-3,6-7,14H,1,4-5,8-13H2,(H,20,23)(H,21,24). The van der Waals surface area contributed by atoms with Gasteiger partial charge in [0.15, 0.2) is 0 Å². The Kier molecular flexibility index (Phi) is 5.64. The van der Waals surface area contributed by atoms with Crippen molar-refractivity contribution in [2.24, 2.45) is 0 Å². The molecule has 1 saturated heterocycles. The fraction of sp³-hybridized carbons (Fsp3) is 0.474. The molecule has 0 atom stereocenters. The van der Waals surface area contributed by atoms with Gasteiger partial charge in [-0.1, -0.05) is 24.6 Å². The number of aromatic amines is 1. The summed E-state index contributed by atoms with van der Waals surface area (Å²) < 4.78 is 0. The normalized spacial score (nSPS) is 15.5. The molecule has 1 aromatic heterocycles. The third-order valence-electron chi connectivity index (χ3n) is 4.65. The fourth-order valence-corrected chi connectivity index (χ4v) is 3.25. The van der Waals surface area contributed by atoms with Gasteiger partial charge in [-0.25, -0.2) is 0 Å². The fourth-order valence-electron chi connectivity index (χ4n) is 3.25. The van der Waals surface area contributed by atoms with E-state index in [0.29, 0.717) is 24.9 Å². The first-order valence-corrected chi connectivity index (χ1v) is 8.82. The molecule has 128 valence electrons. The lowest BCUT2D eigenvalue weighted by Crippen LogP contribution is -2.37. The number of fused-ring (bicyclic) bond motifs is 1. The lowest BCUT2D eigenvalue weighted by Gasteiger charge is -2.26. The second kappa shape index (κ2) is 8.11. The Morgan fingerprint density at radius 2 is 1.96 bits per heavy atom. The van der Waals surface area contributed by atoms with E-state index in [1.807, 2.05) is 30.3 Å². The van der Waals surface area contributed by atoms with Gasteiger partial charge in [0, 0.05) is 30.6 Å². The number of aromatic nitrogens is 1. The van der Waals surface area contributed by atoms with Gasteiger partial charge in [0.2, 0.25) is 5.91 Å². The van der Waals surface area contributed by atoms with Crippen LogP contribution in [-0.4, -0.2) is 42.0 Å². The Labute approximate surface area is 142 Å². The highest BCUT2D eigenvalue weighted by molar-refractivity contribution is 5.79. The zero-order valence-corrected chi connectivity index (χ0v) is 14.0. The molecule has 2 aromatic rings. The van der Waals surface area contributed by atoms with E-state index in [4.69, 9.17) is 0 Å². The monoisotopic (exact) mass is 327 g/mol. The minimum atomic E-state index is -0.102. The van der Waals surface area contributed by atoms with E-state index >= 15 is 0 Å². The van der Waals surface area contributed by atoms with Crippen LogP contribution in [0.2, 0.25) is 0 Å². The molecule has 1 fully saturated rings. The molecular formula is C19H25N3O2. The van der Waals surface area contributed by atoms with E-state index in [1.165, 1.54) is 19.3 Å². The van der Waals surface area contributed by atoms with Crippen LogP contribution in [0.4, 0.5) is 0 Å². The van der Waals surface area contributed by atoms with Crippen LogP contribution in [0.15, 0.2) is 35.1 Å². The number of para-hydroxylation sites is 1. The van der Waals surface area contributed by atoms with Crippen LogP contribution in [0.3, 0.4) is 0 Å². The number of benzene rings is 1. The Hall–Kier alpha value is -2.14. The molecule has 2 heterocycles. The average molecular weight is 327 g/mol. The summed E-state index contributed by atoms with van der Waals surface area (Å²) in [7, 11) is 0. The smallest absolute Gasteiger partial charge is 0.251 e. The first kappa shape index (κ1) is 16.7. The van der Waals surface area contributed by atoms with Crippen molar-refractivity contribution >= 4 is 16.8 Å². The minimum Gasteiger partial charge on any atom is -0.355 e. The molecule has 0 unspecified atom stereocenters. The van der Waals surface area contributed by atoms with Crippen molar-refractivity contribution in [2.75, 3.05) is 26.2 Å². The van der Waals surface area contributed by atoms with Gasteiger partial charge in [0.25, 0.3) is 5.56 Å². The number of likely N-dealkylation sites (tertiary alicyclic amines) is 1. The summed E-state index contributed by atoms with van der Waals surface area (Å²) in [4.78, 5) is 29.3. The average Bonchev–Trinajstić information content (AvgIpc) is 2.61. The number of hydrogen-bond acceptors (Lipinski definition) is 3. The molecule has 1 aliphatic heterocycles. The second-order valence-corrected chi connectivity index (χ2v) is 6.46. The number of aryl methyl sites for hydroxylation is 1. The van der Waals surface area contributed by atoms with Crippen LogP contribution in [0.5, 0.6) is 0 Å². The molecule has 0 saturated carbocycles. The number of rotatable bonds is 6. The molecule has 1 amide bonds. The first-order valence-electron chi connectivity index (χ1n) is 8.82. The number of carbonyl (C=O) groups excluding carboxylic acids is 1. The van der Waals surface area contributed by atoms with E-state index in [-0.39, 0.29) is 11.5 Å². The molecule has 2 N–H and O–H groups in total. The molecule has 5 heteroatoms. The summed E-state index contributed by atoms with van der Waals surface area (Å²) in [6.07, 6.45) is 4.66. The number of pyridine rings is 1. The van der Waals surface area contributed by atoms with Crippen LogP contribution in [0.1, 0.15) is 31.2 Å². The molecule has 1 aromatic carbocycles. The van der Waals surface area contributed by atoms with Crippen molar-refractivity contribution in [3.63, 3.8) is 0 Å².